The van der Waals surface area contributed by atoms with Crippen molar-refractivity contribution in [2.24, 2.45) is 0 Å². The second-order valence-corrected chi connectivity index (χ2v) is 2.78. The zero-order valence-corrected chi connectivity index (χ0v) is 6.77. The minimum atomic E-state index is -1.19. The van der Waals surface area contributed by atoms with E-state index in [0.29, 0.717) is 19.3 Å². The van der Waals surface area contributed by atoms with E-state index in [1.807, 2.05) is 0 Å². The van der Waals surface area contributed by atoms with E-state index in [9.17, 15) is 9.59 Å². The minimum Gasteiger partial charge on any atom is -0.465 e. The summed E-state index contributed by atoms with van der Waals surface area (Å²) >= 11 is 0. The molecule has 0 saturated heterocycles. The van der Waals surface area contributed by atoms with E-state index in [2.05, 4.69) is 0 Å². The SMILES string of the molecule is COC1CC(N(C=O)C(=O)O)C1. The number of nitrogens with zero attached hydrogens (tertiary/aromatic N) is 1. The summed E-state index contributed by atoms with van der Waals surface area (Å²) in [6.07, 6.45) is 0.489. The van der Waals surface area contributed by atoms with Crippen LogP contribution in [0, 0.1) is 0 Å². The molecule has 0 unspecified atom stereocenters. The van der Waals surface area contributed by atoms with Crippen molar-refractivity contribution in [2.75, 3.05) is 7.11 Å². The molecule has 0 aromatic heterocycles. The van der Waals surface area contributed by atoms with Gasteiger partial charge in [-0.25, -0.2) is 9.69 Å². The van der Waals surface area contributed by atoms with E-state index in [-0.39, 0.29) is 12.1 Å². The van der Waals surface area contributed by atoms with Gasteiger partial charge in [0.2, 0.25) is 6.41 Å². The molecule has 1 fully saturated rings. The van der Waals surface area contributed by atoms with E-state index >= 15 is 0 Å². The van der Waals surface area contributed by atoms with Gasteiger partial charge in [-0.05, 0) is 12.8 Å². The zero-order valence-electron chi connectivity index (χ0n) is 6.77. The van der Waals surface area contributed by atoms with Crippen molar-refractivity contribution in [1.82, 2.24) is 4.90 Å². The third kappa shape index (κ3) is 1.55. The summed E-state index contributed by atoms with van der Waals surface area (Å²) in [5.74, 6) is 0. The second kappa shape index (κ2) is 3.53. The highest BCUT2D eigenvalue weighted by molar-refractivity contribution is 5.79. The molecule has 0 spiro atoms. The van der Waals surface area contributed by atoms with Crippen LogP contribution in [0.15, 0.2) is 0 Å². The van der Waals surface area contributed by atoms with Crippen molar-refractivity contribution in [1.29, 1.82) is 0 Å². The molecule has 0 heterocycles. The number of carbonyl (C=O) groups is 2. The standard InChI is InChI=1S/C7H11NO4/c1-12-6-2-5(3-6)8(4-9)7(10)11/h4-6H,2-3H2,1H3,(H,10,11). The maximum absolute atomic E-state index is 10.4. The molecule has 0 atom stereocenters. The Morgan fingerprint density at radius 3 is 2.58 bits per heavy atom. The average molecular weight is 173 g/mol. The highest BCUT2D eigenvalue weighted by Crippen LogP contribution is 2.26. The Morgan fingerprint density at radius 2 is 2.25 bits per heavy atom. The first-order chi connectivity index (χ1) is 5.69. The lowest BCUT2D eigenvalue weighted by Gasteiger charge is -2.37. The number of methoxy groups -OCH3 is 1. The molecule has 1 aliphatic rings. The first kappa shape index (κ1) is 8.99. The lowest BCUT2D eigenvalue weighted by Crippen LogP contribution is -2.49. The summed E-state index contributed by atoms with van der Waals surface area (Å²) in [7, 11) is 1.58. The summed E-state index contributed by atoms with van der Waals surface area (Å²) in [4.78, 5) is 21.5. The van der Waals surface area contributed by atoms with Crippen molar-refractivity contribution in [3.8, 4) is 0 Å². The lowest BCUT2D eigenvalue weighted by atomic mass is 9.88. The van der Waals surface area contributed by atoms with Crippen molar-refractivity contribution in [3.05, 3.63) is 0 Å². The Kier molecular flexibility index (Phi) is 2.65. The number of ether oxygens (including phenoxy) is 1. The Balaban J connectivity index is 2.39. The molecule has 0 aromatic rings. The van der Waals surface area contributed by atoms with Gasteiger partial charge in [0.15, 0.2) is 0 Å². The van der Waals surface area contributed by atoms with Crippen molar-refractivity contribution in [2.45, 2.75) is 25.0 Å². The van der Waals surface area contributed by atoms with Crippen LogP contribution in [-0.4, -0.2) is 41.8 Å². The smallest absolute Gasteiger partial charge is 0.414 e. The Bertz CT molecular complexity index is 188. The van der Waals surface area contributed by atoms with Crippen molar-refractivity contribution in [3.63, 3.8) is 0 Å². The quantitative estimate of drug-likeness (QED) is 0.623. The van der Waals surface area contributed by atoms with Gasteiger partial charge in [0, 0.05) is 13.2 Å². The number of rotatable bonds is 3. The van der Waals surface area contributed by atoms with Gasteiger partial charge in [-0.15, -0.1) is 0 Å². The fraction of sp³-hybridized carbons (Fsp3) is 0.714. The van der Waals surface area contributed by atoms with Crippen LogP contribution in [0.2, 0.25) is 0 Å². The van der Waals surface area contributed by atoms with Crippen LogP contribution in [-0.2, 0) is 9.53 Å². The fourth-order valence-corrected chi connectivity index (χ4v) is 1.24. The largest absolute Gasteiger partial charge is 0.465 e. The van der Waals surface area contributed by atoms with Gasteiger partial charge in [0.05, 0.1) is 6.10 Å². The minimum absolute atomic E-state index is 0.108. The third-order valence-electron chi connectivity index (χ3n) is 2.13. The molecular formula is C7H11NO4. The van der Waals surface area contributed by atoms with Gasteiger partial charge in [0.1, 0.15) is 0 Å². The van der Waals surface area contributed by atoms with Crippen LogP contribution in [0.25, 0.3) is 0 Å². The molecular weight excluding hydrogens is 162 g/mol. The third-order valence-corrected chi connectivity index (χ3v) is 2.13. The van der Waals surface area contributed by atoms with Crippen LogP contribution < -0.4 is 0 Å². The molecule has 0 radical (unpaired) electrons. The average Bonchev–Trinajstić information content (AvgIpc) is 1.94. The van der Waals surface area contributed by atoms with Gasteiger partial charge in [0.25, 0.3) is 0 Å². The lowest BCUT2D eigenvalue weighted by molar-refractivity contribution is -0.122. The van der Waals surface area contributed by atoms with Gasteiger partial charge in [-0.3, -0.25) is 4.79 Å². The predicted molar refractivity (Wildman–Crippen MR) is 39.7 cm³/mol. The normalized spacial score (nSPS) is 27.4. The molecule has 5 nitrogen and oxygen atoms in total. The van der Waals surface area contributed by atoms with Gasteiger partial charge in [-0.1, -0.05) is 0 Å². The Labute approximate surface area is 69.9 Å². The van der Waals surface area contributed by atoms with Crippen LogP contribution in [0.5, 0.6) is 0 Å². The van der Waals surface area contributed by atoms with E-state index in [1.54, 1.807) is 7.11 Å². The molecule has 1 aliphatic carbocycles. The number of carbonyl (C=O) groups excluding carboxylic acids is 1. The van der Waals surface area contributed by atoms with Gasteiger partial charge in [-0.2, -0.15) is 0 Å². The van der Waals surface area contributed by atoms with E-state index in [4.69, 9.17) is 9.84 Å². The monoisotopic (exact) mass is 173 g/mol. The molecule has 68 valence electrons. The zero-order chi connectivity index (χ0) is 9.14. The molecule has 0 aromatic carbocycles. The van der Waals surface area contributed by atoms with Crippen LogP contribution in [0.4, 0.5) is 4.79 Å². The first-order valence-electron chi connectivity index (χ1n) is 3.68. The van der Waals surface area contributed by atoms with Gasteiger partial charge >= 0.3 is 6.09 Å². The molecule has 1 saturated carbocycles. The predicted octanol–water partition coefficient (Wildman–Crippen LogP) is 0.300. The van der Waals surface area contributed by atoms with Gasteiger partial charge < -0.3 is 9.84 Å². The number of carboxylic acid groups (broad SMARTS) is 1. The van der Waals surface area contributed by atoms with Crippen LogP contribution >= 0.6 is 0 Å². The highest BCUT2D eigenvalue weighted by atomic mass is 16.5. The van der Waals surface area contributed by atoms with Crippen molar-refractivity contribution >= 4 is 12.5 Å². The summed E-state index contributed by atoms with van der Waals surface area (Å²) < 4.78 is 4.96. The molecule has 1 rings (SSSR count). The summed E-state index contributed by atoms with van der Waals surface area (Å²) in [6, 6.07) is -0.190. The van der Waals surface area contributed by atoms with E-state index < -0.39 is 6.09 Å². The second-order valence-electron chi connectivity index (χ2n) is 2.78. The maximum atomic E-state index is 10.4. The molecule has 1 N–H and O–H groups in total. The summed E-state index contributed by atoms with van der Waals surface area (Å²) in [5, 5.41) is 8.52. The molecule has 5 heteroatoms. The fourth-order valence-electron chi connectivity index (χ4n) is 1.24. The number of hydrogen-bond acceptors (Lipinski definition) is 3. The molecule has 2 amide bonds. The first-order valence-corrected chi connectivity index (χ1v) is 3.68. The molecule has 0 aliphatic heterocycles. The molecule has 0 bridgehead atoms. The maximum Gasteiger partial charge on any atom is 0.414 e. The Hall–Kier alpha value is -1.10. The van der Waals surface area contributed by atoms with Crippen LogP contribution in [0.3, 0.4) is 0 Å². The molecule has 12 heavy (non-hydrogen) atoms. The number of imide groups is 1. The topological polar surface area (TPSA) is 66.8 Å². The summed E-state index contributed by atoms with van der Waals surface area (Å²) in [6.45, 7) is 0. The Morgan fingerprint density at radius 1 is 1.67 bits per heavy atom. The summed E-state index contributed by atoms with van der Waals surface area (Å²) in [5.41, 5.74) is 0. The van der Waals surface area contributed by atoms with E-state index in [1.165, 1.54) is 0 Å². The number of amides is 2. The van der Waals surface area contributed by atoms with Crippen molar-refractivity contribution < 1.29 is 19.4 Å². The van der Waals surface area contributed by atoms with E-state index in [0.717, 1.165) is 4.90 Å². The van der Waals surface area contributed by atoms with Crippen LogP contribution in [0.1, 0.15) is 12.8 Å². The highest BCUT2D eigenvalue weighted by Gasteiger charge is 2.36. The number of hydrogen-bond donors (Lipinski definition) is 1.